The molecule has 1 saturated heterocycles. The van der Waals surface area contributed by atoms with E-state index in [4.69, 9.17) is 11.6 Å². The van der Waals surface area contributed by atoms with Crippen LogP contribution in [0.15, 0.2) is 54.6 Å². The number of halogens is 1. The van der Waals surface area contributed by atoms with Crippen molar-refractivity contribution in [3.8, 4) is 0 Å². The van der Waals surface area contributed by atoms with Gasteiger partial charge < -0.3 is 20.4 Å². The number of amides is 3. The Hall–Kier alpha value is -2.57. The summed E-state index contributed by atoms with van der Waals surface area (Å²) in [7, 11) is 2.02. The lowest BCUT2D eigenvalue weighted by Crippen LogP contribution is -2.45. The first-order chi connectivity index (χ1) is 13.5. The third-order valence-electron chi connectivity index (χ3n) is 4.67. The number of benzene rings is 2. The second kappa shape index (κ2) is 9.57. The molecule has 0 spiro atoms. The number of carbonyl (C=O) groups is 2. The first kappa shape index (κ1) is 20.2. The summed E-state index contributed by atoms with van der Waals surface area (Å²) in [4.78, 5) is 28.2. The molecular formula is C21H25ClN4O2. The zero-order valence-corrected chi connectivity index (χ0v) is 16.7. The molecule has 28 heavy (non-hydrogen) atoms. The number of hydrogen-bond acceptors (Lipinski definition) is 3. The highest BCUT2D eigenvalue weighted by Crippen LogP contribution is 2.23. The van der Waals surface area contributed by atoms with Gasteiger partial charge in [-0.25, -0.2) is 4.79 Å². The maximum atomic E-state index is 12.2. The summed E-state index contributed by atoms with van der Waals surface area (Å²) in [5.74, 6) is -0.00443. The molecule has 0 aliphatic carbocycles. The van der Waals surface area contributed by atoms with Crippen LogP contribution in [0.25, 0.3) is 0 Å². The minimum Gasteiger partial charge on any atom is -0.337 e. The number of nitrogens with one attached hydrogen (secondary N) is 2. The van der Waals surface area contributed by atoms with Crippen LogP contribution in [0.3, 0.4) is 0 Å². The van der Waals surface area contributed by atoms with Gasteiger partial charge >= 0.3 is 6.03 Å². The van der Waals surface area contributed by atoms with Crippen molar-refractivity contribution < 1.29 is 9.59 Å². The maximum absolute atomic E-state index is 12.2. The summed E-state index contributed by atoms with van der Waals surface area (Å²) >= 11 is 5.90. The molecule has 2 aromatic carbocycles. The van der Waals surface area contributed by atoms with E-state index >= 15 is 0 Å². The Bertz CT molecular complexity index is 798. The molecule has 0 saturated carbocycles. The van der Waals surface area contributed by atoms with Crippen molar-refractivity contribution in [2.75, 3.05) is 31.6 Å². The van der Waals surface area contributed by atoms with Crippen molar-refractivity contribution in [3.63, 3.8) is 0 Å². The van der Waals surface area contributed by atoms with Crippen LogP contribution in [0.5, 0.6) is 0 Å². The molecule has 0 aromatic heterocycles. The molecule has 6 nitrogen and oxygen atoms in total. The molecule has 0 unspecified atom stereocenters. The van der Waals surface area contributed by atoms with Crippen molar-refractivity contribution in [1.82, 2.24) is 15.5 Å². The van der Waals surface area contributed by atoms with Crippen LogP contribution in [-0.4, -0.2) is 49.6 Å². The lowest BCUT2D eigenvalue weighted by atomic mass is 10.2. The van der Waals surface area contributed by atoms with Crippen molar-refractivity contribution in [1.29, 1.82) is 0 Å². The third-order valence-corrected chi connectivity index (χ3v) is 4.92. The van der Waals surface area contributed by atoms with Gasteiger partial charge in [0, 0.05) is 43.3 Å². The summed E-state index contributed by atoms with van der Waals surface area (Å²) in [6.45, 7) is 2.57. The highest BCUT2D eigenvalue weighted by Gasteiger charge is 2.31. The van der Waals surface area contributed by atoms with E-state index in [-0.39, 0.29) is 18.0 Å². The van der Waals surface area contributed by atoms with Crippen LogP contribution in [-0.2, 0) is 11.3 Å². The van der Waals surface area contributed by atoms with Gasteiger partial charge in [-0.05, 0) is 36.9 Å². The van der Waals surface area contributed by atoms with E-state index in [9.17, 15) is 9.59 Å². The van der Waals surface area contributed by atoms with Crippen molar-refractivity contribution in [2.45, 2.75) is 19.0 Å². The average Bonchev–Trinajstić information content (AvgIpc) is 3.03. The zero-order valence-electron chi connectivity index (χ0n) is 15.9. The Balaban J connectivity index is 1.39. The fourth-order valence-corrected chi connectivity index (χ4v) is 3.37. The summed E-state index contributed by atoms with van der Waals surface area (Å²) in [6, 6.07) is 16.9. The lowest BCUT2D eigenvalue weighted by Gasteiger charge is -2.19. The molecule has 1 atom stereocenters. The molecule has 2 N–H and O–H groups in total. The predicted octanol–water partition coefficient (Wildman–Crippen LogP) is 2.88. The Morgan fingerprint density at radius 2 is 1.89 bits per heavy atom. The molecule has 1 fully saturated rings. The SMILES string of the molecule is CN(CCNC(=O)N[C@@H]1CC(=O)N(c2ccc(Cl)cc2)C1)Cc1ccccc1. The monoisotopic (exact) mass is 400 g/mol. The van der Waals surface area contributed by atoms with Gasteiger partial charge in [0.2, 0.25) is 5.91 Å². The largest absolute Gasteiger partial charge is 0.337 e. The molecule has 1 aliphatic rings. The zero-order chi connectivity index (χ0) is 19.9. The third kappa shape index (κ3) is 5.71. The molecule has 148 valence electrons. The quantitative estimate of drug-likeness (QED) is 0.751. The van der Waals surface area contributed by atoms with Gasteiger partial charge in [0.15, 0.2) is 0 Å². The normalized spacial score (nSPS) is 16.5. The number of anilines is 1. The minimum absolute atomic E-state index is 0.00443. The predicted molar refractivity (Wildman–Crippen MR) is 112 cm³/mol. The van der Waals surface area contributed by atoms with Crippen LogP contribution in [0.4, 0.5) is 10.5 Å². The van der Waals surface area contributed by atoms with E-state index < -0.39 is 0 Å². The molecule has 0 bridgehead atoms. The maximum Gasteiger partial charge on any atom is 0.315 e. The highest BCUT2D eigenvalue weighted by atomic mass is 35.5. The minimum atomic E-state index is -0.246. The Morgan fingerprint density at radius 3 is 2.61 bits per heavy atom. The lowest BCUT2D eigenvalue weighted by molar-refractivity contribution is -0.117. The summed E-state index contributed by atoms with van der Waals surface area (Å²) in [5, 5.41) is 6.38. The van der Waals surface area contributed by atoms with Crippen LogP contribution >= 0.6 is 11.6 Å². The number of rotatable bonds is 7. The van der Waals surface area contributed by atoms with Crippen molar-refractivity contribution in [2.24, 2.45) is 0 Å². The van der Waals surface area contributed by atoms with Gasteiger partial charge in [0.1, 0.15) is 0 Å². The number of nitrogens with zero attached hydrogens (tertiary/aromatic N) is 2. The van der Waals surface area contributed by atoms with E-state index in [1.54, 1.807) is 17.0 Å². The number of carbonyl (C=O) groups excluding carboxylic acids is 2. The molecule has 7 heteroatoms. The summed E-state index contributed by atoms with van der Waals surface area (Å²) in [6.07, 6.45) is 0.296. The van der Waals surface area contributed by atoms with E-state index in [1.807, 2.05) is 37.4 Å². The molecule has 1 aliphatic heterocycles. The van der Waals surface area contributed by atoms with Gasteiger partial charge in [0.05, 0.1) is 6.04 Å². The van der Waals surface area contributed by atoms with Crippen LogP contribution in [0, 0.1) is 0 Å². The van der Waals surface area contributed by atoms with Crippen LogP contribution in [0.1, 0.15) is 12.0 Å². The molecular weight excluding hydrogens is 376 g/mol. The smallest absolute Gasteiger partial charge is 0.315 e. The Kier molecular flexibility index (Phi) is 6.90. The summed E-state index contributed by atoms with van der Waals surface area (Å²) in [5.41, 5.74) is 2.03. The Labute approximate surface area is 170 Å². The fraction of sp³-hybridized carbons (Fsp3) is 0.333. The van der Waals surface area contributed by atoms with Gasteiger partial charge in [-0.3, -0.25) is 4.79 Å². The first-order valence-electron chi connectivity index (χ1n) is 9.34. The van der Waals surface area contributed by atoms with Gasteiger partial charge in [-0.15, -0.1) is 0 Å². The van der Waals surface area contributed by atoms with E-state index in [1.165, 1.54) is 5.56 Å². The van der Waals surface area contributed by atoms with E-state index in [0.29, 0.717) is 24.5 Å². The van der Waals surface area contributed by atoms with Gasteiger partial charge in [-0.2, -0.15) is 0 Å². The molecule has 3 amide bonds. The van der Waals surface area contributed by atoms with Gasteiger partial charge in [0.25, 0.3) is 0 Å². The Morgan fingerprint density at radius 1 is 1.18 bits per heavy atom. The van der Waals surface area contributed by atoms with Crippen molar-refractivity contribution >= 4 is 29.2 Å². The second-order valence-electron chi connectivity index (χ2n) is 7.01. The number of likely N-dealkylation sites (N-methyl/N-ethyl adjacent to an activating group) is 1. The topological polar surface area (TPSA) is 64.7 Å². The van der Waals surface area contributed by atoms with E-state index in [0.717, 1.165) is 18.8 Å². The van der Waals surface area contributed by atoms with Crippen LogP contribution in [0.2, 0.25) is 5.02 Å². The van der Waals surface area contributed by atoms with Gasteiger partial charge in [-0.1, -0.05) is 41.9 Å². The fourth-order valence-electron chi connectivity index (χ4n) is 3.25. The molecule has 2 aromatic rings. The highest BCUT2D eigenvalue weighted by molar-refractivity contribution is 6.30. The summed E-state index contributed by atoms with van der Waals surface area (Å²) < 4.78 is 0. The first-order valence-corrected chi connectivity index (χ1v) is 9.72. The molecule has 0 radical (unpaired) electrons. The molecule has 1 heterocycles. The van der Waals surface area contributed by atoms with Crippen molar-refractivity contribution in [3.05, 3.63) is 65.2 Å². The standard InChI is InChI=1S/C21H25ClN4O2/c1-25(14-16-5-3-2-4-6-16)12-11-23-21(28)24-18-13-20(27)26(15-18)19-9-7-17(22)8-10-19/h2-10,18H,11-15H2,1H3,(H2,23,24,28)/t18-/m1/s1. The second-order valence-corrected chi connectivity index (χ2v) is 7.44. The molecule has 3 rings (SSSR count). The average molecular weight is 401 g/mol. The number of urea groups is 1. The van der Waals surface area contributed by atoms with Crippen LogP contribution < -0.4 is 15.5 Å². The number of hydrogen-bond donors (Lipinski definition) is 2. The van der Waals surface area contributed by atoms with E-state index in [2.05, 4.69) is 27.7 Å².